The number of esters is 1. The van der Waals surface area contributed by atoms with Crippen molar-refractivity contribution in [3.63, 3.8) is 0 Å². The maximum absolute atomic E-state index is 12.3. The Bertz CT molecular complexity index is 392. The standard InChI is InChI=1S/C13H26O4Si/c1-7-10(8-18(4,5)6)11(13(16)17-3)9(2)12(14)15/h9-11H,7-8H2,1-6H3,(H,14,15)/i3D3/hD. The van der Waals surface area contributed by atoms with Crippen LogP contribution in [0, 0.1) is 17.8 Å². The summed E-state index contributed by atoms with van der Waals surface area (Å²) in [4.78, 5) is 23.9. The normalized spacial score (nSPS) is 20.5. The predicted octanol–water partition coefficient (Wildman–Crippen LogP) is 2.86. The fraction of sp³-hybridized carbons (Fsp3) is 0.846. The lowest BCUT2D eigenvalue weighted by Crippen LogP contribution is -2.38. The Morgan fingerprint density at radius 1 is 1.44 bits per heavy atom. The molecule has 0 radical (unpaired) electrons. The van der Waals surface area contributed by atoms with E-state index in [4.69, 9.17) is 5.54 Å². The van der Waals surface area contributed by atoms with Crippen molar-refractivity contribution in [3.8, 4) is 0 Å². The molecule has 0 fully saturated rings. The van der Waals surface area contributed by atoms with Crippen LogP contribution in [0.2, 0.25) is 25.7 Å². The summed E-state index contributed by atoms with van der Waals surface area (Å²) in [5.74, 6) is -3.82. The largest absolute Gasteiger partial charge is 0.481 e. The molecule has 3 atom stereocenters. The average molecular weight is 278 g/mol. The fourth-order valence-corrected chi connectivity index (χ4v) is 4.45. The minimum atomic E-state index is -2.85. The monoisotopic (exact) mass is 278 g/mol. The van der Waals surface area contributed by atoms with E-state index in [1.54, 1.807) is 0 Å². The van der Waals surface area contributed by atoms with Crippen molar-refractivity contribution >= 4 is 20.0 Å². The second-order valence-electron chi connectivity index (χ2n) is 5.99. The third-order valence-electron chi connectivity index (χ3n) is 3.19. The van der Waals surface area contributed by atoms with E-state index in [9.17, 15) is 9.59 Å². The average Bonchev–Trinajstić information content (AvgIpc) is 2.32. The van der Waals surface area contributed by atoms with E-state index in [2.05, 4.69) is 29.5 Å². The lowest BCUT2D eigenvalue weighted by atomic mass is 9.82. The van der Waals surface area contributed by atoms with Crippen LogP contribution in [0.15, 0.2) is 0 Å². The summed E-state index contributed by atoms with van der Waals surface area (Å²) in [5.41, 5.74) is 0. The Morgan fingerprint density at radius 2 is 2.06 bits per heavy atom. The summed E-state index contributed by atoms with van der Waals surface area (Å²) < 4.78 is 32.5. The number of methoxy groups -OCH3 is 1. The molecule has 0 aliphatic carbocycles. The highest BCUT2D eigenvalue weighted by molar-refractivity contribution is 6.76. The van der Waals surface area contributed by atoms with Crippen molar-refractivity contribution in [1.82, 2.24) is 0 Å². The molecule has 0 bridgehead atoms. The van der Waals surface area contributed by atoms with Crippen molar-refractivity contribution in [1.29, 1.82) is 1.43 Å². The van der Waals surface area contributed by atoms with Crippen LogP contribution in [-0.2, 0) is 14.3 Å². The molecule has 0 saturated heterocycles. The second-order valence-corrected chi connectivity index (χ2v) is 11.5. The van der Waals surface area contributed by atoms with Gasteiger partial charge in [-0.05, 0) is 5.92 Å². The number of ether oxygens (including phenoxy) is 1. The first kappa shape index (κ1) is 11.0. The zero-order chi connectivity index (χ0) is 17.7. The number of carboxylic acids is 1. The van der Waals surface area contributed by atoms with Gasteiger partial charge in [-0.1, -0.05) is 46.0 Å². The molecule has 0 amide bonds. The summed E-state index contributed by atoms with van der Waals surface area (Å²) in [6.45, 7) is 9.76. The van der Waals surface area contributed by atoms with Crippen LogP contribution in [0.1, 0.15) is 24.4 Å². The Hall–Kier alpha value is -0.843. The van der Waals surface area contributed by atoms with Gasteiger partial charge in [-0.3, -0.25) is 9.59 Å². The number of rotatable bonds is 7. The Labute approximate surface area is 116 Å². The predicted molar refractivity (Wildman–Crippen MR) is 74.2 cm³/mol. The molecule has 0 aromatic heterocycles. The highest BCUT2D eigenvalue weighted by atomic mass is 28.3. The number of carboxylic acid groups (broad SMARTS) is 1. The highest BCUT2D eigenvalue weighted by Crippen LogP contribution is 2.32. The van der Waals surface area contributed by atoms with Gasteiger partial charge >= 0.3 is 11.9 Å². The lowest BCUT2D eigenvalue weighted by Gasteiger charge is -2.31. The Kier molecular flexibility index (Phi) is 4.24. The molecule has 5 heteroatoms. The van der Waals surface area contributed by atoms with Gasteiger partial charge in [-0.2, -0.15) is 0 Å². The first-order valence-corrected chi connectivity index (χ1v) is 9.93. The van der Waals surface area contributed by atoms with Crippen molar-refractivity contribution in [2.45, 2.75) is 46.0 Å². The molecule has 0 spiro atoms. The molecule has 0 heterocycles. The van der Waals surface area contributed by atoms with Crippen LogP contribution in [0.5, 0.6) is 0 Å². The van der Waals surface area contributed by atoms with Crippen LogP contribution in [0.4, 0.5) is 0 Å². The van der Waals surface area contributed by atoms with Gasteiger partial charge in [0.15, 0.2) is 0 Å². The first-order chi connectivity index (χ1) is 9.82. The molecule has 0 rings (SSSR count). The third-order valence-corrected chi connectivity index (χ3v) is 4.94. The van der Waals surface area contributed by atoms with E-state index in [0.29, 0.717) is 6.42 Å². The molecule has 4 nitrogen and oxygen atoms in total. The van der Waals surface area contributed by atoms with E-state index < -0.39 is 38.9 Å². The first-order valence-electron chi connectivity index (χ1n) is 8.13. The zero-order valence-corrected chi connectivity index (χ0v) is 12.8. The number of hydrogen-bond acceptors (Lipinski definition) is 4. The molecule has 106 valence electrons. The lowest BCUT2D eigenvalue weighted by molar-refractivity contribution is -0.157. The topological polar surface area (TPSA) is 63.6 Å². The van der Waals surface area contributed by atoms with E-state index in [1.807, 2.05) is 6.92 Å². The molecular weight excluding hydrogens is 248 g/mol. The summed E-state index contributed by atoms with van der Waals surface area (Å²) in [6, 6.07) is 0.750. The Balaban J connectivity index is 5.47. The molecule has 0 aromatic carbocycles. The van der Waals surface area contributed by atoms with Gasteiger partial charge in [0.2, 0.25) is 0 Å². The fourth-order valence-electron chi connectivity index (χ4n) is 2.33. The zero-order valence-electron chi connectivity index (χ0n) is 15.8. The maximum atomic E-state index is 12.3. The van der Waals surface area contributed by atoms with Crippen LogP contribution in [0.25, 0.3) is 1.43 Å². The van der Waals surface area contributed by atoms with Gasteiger partial charge in [0.05, 0.1) is 23.0 Å². The van der Waals surface area contributed by atoms with Crippen LogP contribution in [0.3, 0.4) is 0 Å². The highest BCUT2D eigenvalue weighted by Gasteiger charge is 2.38. The van der Waals surface area contributed by atoms with Gasteiger partial charge in [-0.25, -0.2) is 0 Å². The number of aliphatic carboxylic acids is 1. The van der Waals surface area contributed by atoms with Crippen molar-refractivity contribution < 1.29 is 23.5 Å². The molecule has 3 unspecified atom stereocenters. The van der Waals surface area contributed by atoms with Crippen LogP contribution >= 0.6 is 0 Å². The molecule has 1 N–H and O–H groups in total. The molecule has 0 aliphatic heterocycles. The van der Waals surface area contributed by atoms with Gasteiger partial charge in [0, 0.05) is 8.07 Å². The summed E-state index contributed by atoms with van der Waals surface area (Å²) >= 11 is 0. The van der Waals surface area contributed by atoms with Gasteiger partial charge < -0.3 is 9.85 Å². The minimum absolute atomic E-state index is 0.185. The van der Waals surface area contributed by atoms with E-state index in [0.717, 1.165) is 6.04 Å². The molecule has 0 aromatic rings. The Morgan fingerprint density at radius 3 is 2.44 bits per heavy atom. The second kappa shape index (κ2) is 6.92. The van der Waals surface area contributed by atoms with Crippen molar-refractivity contribution in [3.05, 3.63) is 0 Å². The quantitative estimate of drug-likeness (QED) is 0.574. The summed E-state index contributed by atoms with van der Waals surface area (Å²) in [7, 11) is -4.40. The van der Waals surface area contributed by atoms with Gasteiger partial charge in [0.1, 0.15) is 0 Å². The number of carbonyl (C=O) groups excluding carboxylic acids is 1. The SMILES string of the molecule is [2H]OC(=O)C(C)C(C(=O)OC([2H])([2H])[2H])C(CC)C[Si](C)(C)C. The number of hydrogen-bond donors (Lipinski definition) is 1. The van der Waals surface area contributed by atoms with E-state index in [-0.39, 0.29) is 5.92 Å². The maximum Gasteiger partial charge on any atom is 0.309 e. The van der Waals surface area contributed by atoms with Crippen LogP contribution < -0.4 is 0 Å². The smallest absolute Gasteiger partial charge is 0.309 e. The van der Waals surface area contributed by atoms with Crippen molar-refractivity contribution in [2.24, 2.45) is 17.8 Å². The molecule has 0 saturated carbocycles. The van der Waals surface area contributed by atoms with Gasteiger partial charge in [-0.15, -0.1) is 0 Å². The van der Waals surface area contributed by atoms with Crippen LogP contribution in [-0.4, -0.2) is 32.2 Å². The molecular formula is C13H26O4Si. The summed E-state index contributed by atoms with van der Waals surface area (Å²) in [5, 5.41) is 3.97. The van der Waals surface area contributed by atoms with Crippen molar-refractivity contribution in [2.75, 3.05) is 7.04 Å². The molecule has 18 heavy (non-hydrogen) atoms. The summed E-state index contributed by atoms with van der Waals surface area (Å²) in [6.07, 6.45) is 0.612. The van der Waals surface area contributed by atoms with E-state index >= 15 is 0 Å². The molecule has 0 aliphatic rings. The minimum Gasteiger partial charge on any atom is -0.481 e. The van der Waals surface area contributed by atoms with E-state index in [1.165, 1.54) is 6.92 Å². The number of carbonyl (C=O) groups is 2. The third kappa shape index (κ3) is 5.21. The van der Waals surface area contributed by atoms with Gasteiger partial charge in [0.25, 0.3) is 1.43 Å².